The SMILES string of the molecule is CCNC(=NCC(O)c1ccc(OC(F)F)cc1)NCCNC(=O)C1CC1. The molecule has 0 spiro atoms. The lowest BCUT2D eigenvalue weighted by Gasteiger charge is -2.14. The van der Waals surface area contributed by atoms with Crippen LogP contribution in [0.2, 0.25) is 0 Å². The fourth-order valence-electron chi connectivity index (χ4n) is 2.35. The van der Waals surface area contributed by atoms with Crippen LogP contribution in [0.5, 0.6) is 5.75 Å². The smallest absolute Gasteiger partial charge is 0.387 e. The van der Waals surface area contributed by atoms with Crippen molar-refractivity contribution >= 4 is 11.9 Å². The van der Waals surface area contributed by atoms with E-state index in [1.54, 1.807) is 0 Å². The molecular formula is C18H26F2N4O3. The van der Waals surface area contributed by atoms with Crippen LogP contribution in [-0.4, -0.2) is 49.8 Å². The number of guanidine groups is 1. The first-order valence-electron chi connectivity index (χ1n) is 9.02. The standard InChI is InChI=1S/C18H26F2N4O3/c1-2-21-18(23-10-9-22-16(26)13-3-4-13)24-11-15(25)12-5-7-14(8-6-12)27-17(19)20/h5-8,13,15,17,25H,2-4,9-11H2,1H3,(H,22,26)(H2,21,23,24). The maximum Gasteiger partial charge on any atom is 0.387 e. The van der Waals surface area contributed by atoms with Gasteiger partial charge in [0, 0.05) is 25.6 Å². The van der Waals surface area contributed by atoms with Crippen LogP contribution >= 0.6 is 0 Å². The number of rotatable bonds is 10. The Morgan fingerprint density at radius 1 is 1.22 bits per heavy atom. The summed E-state index contributed by atoms with van der Waals surface area (Å²) in [5.41, 5.74) is 0.549. The number of aliphatic hydroxyl groups is 1. The predicted molar refractivity (Wildman–Crippen MR) is 97.7 cm³/mol. The highest BCUT2D eigenvalue weighted by Crippen LogP contribution is 2.28. The third-order valence-electron chi connectivity index (χ3n) is 3.92. The summed E-state index contributed by atoms with van der Waals surface area (Å²) in [6.45, 7) is 0.792. The van der Waals surface area contributed by atoms with Crippen molar-refractivity contribution in [2.24, 2.45) is 10.9 Å². The fraction of sp³-hybridized carbons (Fsp3) is 0.556. The number of aliphatic hydroxyl groups excluding tert-OH is 1. The van der Waals surface area contributed by atoms with Crippen LogP contribution in [0.25, 0.3) is 0 Å². The van der Waals surface area contributed by atoms with Crippen LogP contribution in [0.3, 0.4) is 0 Å². The Hall–Kier alpha value is -2.42. The molecule has 7 nitrogen and oxygen atoms in total. The van der Waals surface area contributed by atoms with E-state index in [4.69, 9.17) is 0 Å². The summed E-state index contributed by atoms with van der Waals surface area (Å²) in [5.74, 6) is 0.829. The number of hydrogen-bond acceptors (Lipinski definition) is 4. The molecule has 1 saturated carbocycles. The molecule has 0 heterocycles. The summed E-state index contributed by atoms with van der Waals surface area (Å²) in [6.07, 6.45) is 1.06. The zero-order valence-corrected chi connectivity index (χ0v) is 15.3. The Bertz CT molecular complexity index is 622. The van der Waals surface area contributed by atoms with Crippen LogP contribution in [0.15, 0.2) is 29.3 Å². The largest absolute Gasteiger partial charge is 0.435 e. The van der Waals surface area contributed by atoms with Gasteiger partial charge in [-0.05, 0) is 37.5 Å². The normalized spacial score (nSPS) is 15.4. The molecule has 2 rings (SSSR count). The Balaban J connectivity index is 1.78. The van der Waals surface area contributed by atoms with E-state index in [9.17, 15) is 18.7 Å². The van der Waals surface area contributed by atoms with E-state index >= 15 is 0 Å². The zero-order chi connectivity index (χ0) is 19.6. The van der Waals surface area contributed by atoms with E-state index in [-0.39, 0.29) is 24.1 Å². The van der Waals surface area contributed by atoms with Crippen molar-refractivity contribution in [3.8, 4) is 5.75 Å². The molecule has 1 aromatic rings. The second-order valence-corrected chi connectivity index (χ2v) is 6.18. The lowest BCUT2D eigenvalue weighted by molar-refractivity contribution is -0.122. The number of nitrogens with zero attached hydrogens (tertiary/aromatic N) is 1. The summed E-state index contributed by atoms with van der Waals surface area (Å²) in [5, 5.41) is 19.2. The second kappa shape index (κ2) is 10.7. The van der Waals surface area contributed by atoms with Gasteiger partial charge in [0.05, 0.1) is 12.6 Å². The molecule has 1 aromatic carbocycles. The zero-order valence-electron chi connectivity index (χ0n) is 15.3. The molecule has 0 aliphatic heterocycles. The van der Waals surface area contributed by atoms with Gasteiger partial charge in [-0.15, -0.1) is 0 Å². The molecule has 0 saturated heterocycles. The summed E-state index contributed by atoms with van der Waals surface area (Å²) in [7, 11) is 0. The highest BCUT2D eigenvalue weighted by molar-refractivity contribution is 5.81. The molecule has 0 aromatic heterocycles. The minimum atomic E-state index is -2.88. The Labute approximate surface area is 157 Å². The van der Waals surface area contributed by atoms with Crippen LogP contribution in [0.4, 0.5) is 8.78 Å². The second-order valence-electron chi connectivity index (χ2n) is 6.18. The monoisotopic (exact) mass is 384 g/mol. The Morgan fingerprint density at radius 3 is 2.48 bits per heavy atom. The van der Waals surface area contributed by atoms with Gasteiger partial charge in [0.25, 0.3) is 0 Å². The molecule has 1 fully saturated rings. The number of carbonyl (C=O) groups excluding carboxylic acids is 1. The third-order valence-corrected chi connectivity index (χ3v) is 3.92. The van der Waals surface area contributed by atoms with Crippen molar-refractivity contribution in [1.29, 1.82) is 0 Å². The maximum atomic E-state index is 12.1. The predicted octanol–water partition coefficient (Wildman–Crippen LogP) is 1.40. The van der Waals surface area contributed by atoms with Crippen LogP contribution in [0.1, 0.15) is 31.4 Å². The van der Waals surface area contributed by atoms with Crippen molar-refractivity contribution < 1.29 is 23.4 Å². The number of ether oxygens (including phenoxy) is 1. The third kappa shape index (κ3) is 7.78. The van der Waals surface area contributed by atoms with E-state index in [0.29, 0.717) is 31.2 Å². The van der Waals surface area contributed by atoms with E-state index in [1.807, 2.05) is 6.92 Å². The average Bonchev–Trinajstić information content (AvgIpc) is 3.48. The summed E-state index contributed by atoms with van der Waals surface area (Å²) < 4.78 is 28.6. The summed E-state index contributed by atoms with van der Waals surface area (Å²) in [6, 6.07) is 5.79. The first-order chi connectivity index (χ1) is 13.0. The first kappa shape index (κ1) is 20.9. The molecule has 1 amide bonds. The maximum absolute atomic E-state index is 12.1. The minimum Gasteiger partial charge on any atom is -0.435 e. The van der Waals surface area contributed by atoms with Crippen LogP contribution < -0.4 is 20.7 Å². The lowest BCUT2D eigenvalue weighted by Crippen LogP contribution is -2.42. The molecule has 0 bridgehead atoms. The average molecular weight is 384 g/mol. The number of nitrogens with one attached hydrogen (secondary N) is 3. The Kier molecular flexibility index (Phi) is 8.25. The van der Waals surface area contributed by atoms with Gasteiger partial charge in [0.2, 0.25) is 5.91 Å². The number of carbonyl (C=O) groups is 1. The van der Waals surface area contributed by atoms with Crippen molar-refractivity contribution in [3.63, 3.8) is 0 Å². The highest BCUT2D eigenvalue weighted by atomic mass is 19.3. The molecular weight excluding hydrogens is 358 g/mol. The molecule has 1 atom stereocenters. The number of amides is 1. The van der Waals surface area contributed by atoms with Crippen molar-refractivity contribution in [2.45, 2.75) is 32.5 Å². The van der Waals surface area contributed by atoms with Gasteiger partial charge in [0.15, 0.2) is 5.96 Å². The van der Waals surface area contributed by atoms with E-state index in [1.165, 1.54) is 24.3 Å². The molecule has 27 heavy (non-hydrogen) atoms. The minimum absolute atomic E-state index is 0.0349. The lowest BCUT2D eigenvalue weighted by atomic mass is 10.1. The van der Waals surface area contributed by atoms with Crippen LogP contribution in [0, 0.1) is 5.92 Å². The van der Waals surface area contributed by atoms with Gasteiger partial charge in [-0.2, -0.15) is 8.78 Å². The van der Waals surface area contributed by atoms with Gasteiger partial charge < -0.3 is 25.8 Å². The van der Waals surface area contributed by atoms with Gasteiger partial charge >= 0.3 is 6.61 Å². The molecule has 1 aliphatic rings. The van der Waals surface area contributed by atoms with Crippen molar-refractivity contribution in [2.75, 3.05) is 26.2 Å². The van der Waals surface area contributed by atoms with Crippen molar-refractivity contribution in [1.82, 2.24) is 16.0 Å². The quantitative estimate of drug-likeness (QED) is 0.278. The molecule has 0 radical (unpaired) electrons. The van der Waals surface area contributed by atoms with Gasteiger partial charge in [-0.25, -0.2) is 0 Å². The summed E-state index contributed by atoms with van der Waals surface area (Å²) >= 11 is 0. The highest BCUT2D eigenvalue weighted by Gasteiger charge is 2.28. The van der Waals surface area contributed by atoms with Gasteiger partial charge in [-0.3, -0.25) is 9.79 Å². The first-order valence-corrected chi connectivity index (χ1v) is 9.02. The number of hydrogen-bond donors (Lipinski definition) is 4. The molecule has 150 valence electrons. The molecule has 1 aliphatic carbocycles. The van der Waals surface area contributed by atoms with E-state index < -0.39 is 12.7 Å². The van der Waals surface area contributed by atoms with E-state index in [0.717, 1.165) is 12.8 Å². The fourth-order valence-corrected chi connectivity index (χ4v) is 2.35. The molecule has 4 N–H and O–H groups in total. The Morgan fingerprint density at radius 2 is 1.89 bits per heavy atom. The van der Waals surface area contributed by atoms with Crippen LogP contribution in [-0.2, 0) is 4.79 Å². The van der Waals surface area contributed by atoms with Crippen molar-refractivity contribution in [3.05, 3.63) is 29.8 Å². The summed E-state index contributed by atoms with van der Waals surface area (Å²) in [4.78, 5) is 15.9. The molecule has 9 heteroatoms. The van der Waals surface area contributed by atoms with Gasteiger partial charge in [0.1, 0.15) is 5.75 Å². The topological polar surface area (TPSA) is 95.0 Å². The number of halogens is 2. The number of aliphatic imine (C=N–C) groups is 1. The number of benzene rings is 1. The van der Waals surface area contributed by atoms with E-state index in [2.05, 4.69) is 25.7 Å². The molecule has 1 unspecified atom stereocenters. The van der Waals surface area contributed by atoms with Gasteiger partial charge in [-0.1, -0.05) is 12.1 Å². The number of alkyl halides is 2.